The summed E-state index contributed by atoms with van der Waals surface area (Å²) in [7, 11) is 0. The summed E-state index contributed by atoms with van der Waals surface area (Å²) >= 11 is 0. The molecule has 26 nitrogen and oxygen atoms in total. The summed E-state index contributed by atoms with van der Waals surface area (Å²) in [4.78, 5) is 119. The molecule has 6 amide bonds. The molecule has 3 aliphatic heterocycles. The first-order valence-corrected chi connectivity index (χ1v) is 31.7. The minimum absolute atomic E-state index is 0.0170. The lowest BCUT2D eigenvalue weighted by Gasteiger charge is -2.35. The molecular formula is C66H89N11O15. The van der Waals surface area contributed by atoms with Gasteiger partial charge >= 0.3 is 12.1 Å². The molecule has 2 unspecified atom stereocenters. The zero-order chi connectivity index (χ0) is 66.9. The van der Waals surface area contributed by atoms with Gasteiger partial charge in [0.15, 0.2) is 0 Å². The van der Waals surface area contributed by atoms with Gasteiger partial charge in [-0.25, -0.2) is 14.3 Å². The van der Waals surface area contributed by atoms with Gasteiger partial charge in [-0.2, -0.15) is 0 Å². The molecule has 1 saturated carbocycles. The standard InChI is InChI=1S/C44H52N6O11.C14H23NO2.C8H14N4O2/c1-5-30-31-19-29(51)14-15-34(31)48-36-18-28-17-33-32(41(55)50(28)39(30)36)22-59-42(56)44(33,6-2)61-43(57)60-21-26-10-12-27(13-11-26)47-40(54)35(9-7-8-16-45)49-38(53)24-58-23-37(52)46-20-25(3)4;1-3-12-8-13(16)15(14(12)17)9-11-6-4-10(2)5-7-11;1-8(2,5-13)12-4-7(10-11-12)3-9-6-14/h10-15,17,19,25,35,51H,5-9,16,18,20-24,45H2,1-4H3,(H,46,52)(H,47,54)(H,49,53);10-12H,3-9H2,1-2H3;4,6,13H,3,5H2,1-2H3,(H,9,14)/t35-,44?;;/m0../s1. The van der Waals surface area contributed by atoms with Gasteiger partial charge in [-0.15, -0.1) is 5.10 Å². The Bertz CT molecular complexity index is 3500. The van der Waals surface area contributed by atoms with E-state index in [9.17, 15) is 48.3 Å². The molecule has 0 spiro atoms. The highest BCUT2D eigenvalue weighted by Gasteiger charge is 2.51. The summed E-state index contributed by atoms with van der Waals surface area (Å²) < 4.78 is 25.1. The quantitative estimate of drug-likeness (QED) is 0.0147. The summed E-state index contributed by atoms with van der Waals surface area (Å²) in [6.07, 6.45) is 9.58. The summed E-state index contributed by atoms with van der Waals surface area (Å²) in [6.45, 7) is 16.1. The number of nitrogens with one attached hydrogen (secondary N) is 4. The number of hydrogen-bond donors (Lipinski definition) is 7. The number of benzene rings is 2. The van der Waals surface area contributed by atoms with Gasteiger partial charge < -0.3 is 56.2 Å². The largest absolute Gasteiger partial charge is 0.510 e. The van der Waals surface area contributed by atoms with Crippen molar-refractivity contribution in [3.8, 4) is 11.4 Å². The number of aliphatic hydroxyl groups is 1. The highest BCUT2D eigenvalue weighted by molar-refractivity contribution is 6.03. The van der Waals surface area contributed by atoms with Crippen molar-refractivity contribution in [3.63, 3.8) is 0 Å². The number of aromatic nitrogens is 5. The lowest BCUT2D eigenvalue weighted by atomic mass is 9.83. The SMILES string of the molecule is CC(C)(CO)n1cc(CNC=O)nn1.CCC1CC(=O)N(CC2CCC(C)CC2)C1=O.CCc1c2c(nc3ccc(O)cc13)Cc1cc3c(c(=O)n1-2)COC(=O)C3(CC)OC(=O)OCc1ccc(NC(=O)[C@H](CCCCN)NC(=O)COCC(=O)NCC(C)C)cc1. The molecule has 5 aromatic rings. The molecule has 9 rings (SSSR count). The van der Waals surface area contributed by atoms with Crippen molar-refractivity contribution in [1.82, 2.24) is 45.4 Å². The predicted octanol–water partition coefficient (Wildman–Crippen LogP) is 5.76. The first-order chi connectivity index (χ1) is 44.0. The van der Waals surface area contributed by atoms with Crippen molar-refractivity contribution in [1.29, 1.82) is 0 Å². The first kappa shape index (κ1) is 70.8. The molecule has 92 heavy (non-hydrogen) atoms. The molecule has 3 aromatic heterocycles. The Balaban J connectivity index is 0.000000312. The maximum Gasteiger partial charge on any atom is 0.510 e. The number of aromatic hydroxyl groups is 1. The number of pyridine rings is 2. The van der Waals surface area contributed by atoms with Crippen LogP contribution in [0.25, 0.3) is 16.6 Å². The van der Waals surface area contributed by atoms with E-state index in [-0.39, 0.29) is 85.7 Å². The van der Waals surface area contributed by atoms with Gasteiger partial charge in [0.1, 0.15) is 43.9 Å². The Labute approximate surface area is 535 Å². The number of anilines is 1. The van der Waals surface area contributed by atoms with E-state index < -0.39 is 53.3 Å². The number of likely N-dealkylation sites (tertiary alicyclic amines) is 1. The van der Waals surface area contributed by atoms with Crippen molar-refractivity contribution in [2.75, 3.05) is 44.8 Å². The normalized spacial score (nSPS) is 18.4. The average molecular weight is 1280 g/mol. The minimum atomic E-state index is -1.95. The van der Waals surface area contributed by atoms with Crippen LogP contribution in [0.1, 0.15) is 159 Å². The number of carbonyl (C=O) groups excluding carboxylic acids is 8. The summed E-state index contributed by atoms with van der Waals surface area (Å²) in [5, 5.41) is 38.4. The van der Waals surface area contributed by atoms with Crippen LogP contribution in [-0.4, -0.2) is 133 Å². The fourth-order valence-corrected chi connectivity index (χ4v) is 11.5. The van der Waals surface area contributed by atoms with Crippen LogP contribution in [-0.2, 0) is 96.2 Å². The van der Waals surface area contributed by atoms with E-state index in [4.69, 9.17) is 34.8 Å². The highest BCUT2D eigenvalue weighted by atomic mass is 16.7. The van der Waals surface area contributed by atoms with Crippen LogP contribution in [0, 0.1) is 23.7 Å². The Kier molecular flexibility index (Phi) is 25.1. The summed E-state index contributed by atoms with van der Waals surface area (Å²) in [5.74, 6) is -0.385. The van der Waals surface area contributed by atoms with Crippen molar-refractivity contribution >= 4 is 64.7 Å². The summed E-state index contributed by atoms with van der Waals surface area (Å²) in [5.41, 5.74) is 8.17. The number of nitrogens with two attached hydrogens (primary N) is 1. The van der Waals surface area contributed by atoms with E-state index in [1.165, 1.54) is 30.6 Å². The van der Waals surface area contributed by atoms with Crippen LogP contribution in [0.2, 0.25) is 0 Å². The number of aryl methyl sites for hydroxylation is 1. The average Bonchev–Trinajstić information content (AvgIpc) is 1.48. The van der Waals surface area contributed by atoms with Crippen LogP contribution < -0.4 is 32.6 Å². The molecule has 1 saturated heterocycles. The number of carbonyl (C=O) groups is 8. The van der Waals surface area contributed by atoms with Crippen molar-refractivity contribution in [2.24, 2.45) is 29.4 Å². The maximum atomic E-state index is 14.2. The van der Waals surface area contributed by atoms with E-state index in [0.717, 1.165) is 23.3 Å². The fraction of sp³-hybridized carbons (Fsp3) is 0.545. The second-order valence-corrected chi connectivity index (χ2v) is 24.9. The van der Waals surface area contributed by atoms with Crippen LogP contribution in [0.5, 0.6) is 5.75 Å². The predicted molar refractivity (Wildman–Crippen MR) is 338 cm³/mol. The number of esters is 1. The Morgan fingerprint density at radius 3 is 2.35 bits per heavy atom. The van der Waals surface area contributed by atoms with E-state index in [2.05, 4.69) is 38.5 Å². The van der Waals surface area contributed by atoms with Gasteiger partial charge in [0, 0.05) is 54.2 Å². The molecule has 2 fully saturated rings. The number of hydrogen-bond acceptors (Lipinski definition) is 19. The zero-order valence-electron chi connectivity index (χ0n) is 54.0. The van der Waals surface area contributed by atoms with Crippen LogP contribution in [0.3, 0.4) is 0 Å². The van der Waals surface area contributed by atoms with Crippen molar-refractivity contribution < 1.29 is 67.5 Å². The Morgan fingerprint density at radius 1 is 0.967 bits per heavy atom. The van der Waals surface area contributed by atoms with Gasteiger partial charge in [-0.1, -0.05) is 71.7 Å². The lowest BCUT2D eigenvalue weighted by Crippen LogP contribution is -2.47. The van der Waals surface area contributed by atoms with E-state index in [0.29, 0.717) is 110 Å². The molecule has 498 valence electrons. The number of amides is 6. The molecular weight excluding hydrogens is 1190 g/mol. The number of imide groups is 1. The third-order valence-electron chi connectivity index (χ3n) is 17.0. The maximum absolute atomic E-state index is 14.2. The van der Waals surface area contributed by atoms with E-state index in [1.807, 2.05) is 41.5 Å². The number of nitrogens with zero attached hydrogens (tertiary/aromatic N) is 6. The van der Waals surface area contributed by atoms with Crippen molar-refractivity contribution in [3.05, 3.63) is 104 Å². The lowest BCUT2D eigenvalue weighted by molar-refractivity contribution is -0.175. The third kappa shape index (κ3) is 17.7. The minimum Gasteiger partial charge on any atom is -0.508 e. The fourth-order valence-electron chi connectivity index (χ4n) is 11.5. The molecule has 26 heteroatoms. The topological polar surface area (TPSA) is 357 Å². The zero-order valence-corrected chi connectivity index (χ0v) is 54.0. The molecule has 1 aliphatic carbocycles. The number of phenols is 1. The summed E-state index contributed by atoms with van der Waals surface area (Å²) in [6, 6.07) is 12.1. The smallest absolute Gasteiger partial charge is 0.508 e. The second kappa shape index (κ2) is 32.6. The molecule has 6 heterocycles. The number of rotatable bonds is 26. The first-order valence-electron chi connectivity index (χ1n) is 31.7. The highest BCUT2D eigenvalue weighted by Crippen LogP contribution is 2.41. The van der Waals surface area contributed by atoms with Crippen LogP contribution in [0.15, 0.2) is 59.5 Å². The van der Waals surface area contributed by atoms with E-state index >= 15 is 0 Å². The Morgan fingerprint density at radius 2 is 1.70 bits per heavy atom. The number of ether oxygens (including phenoxy) is 4. The van der Waals surface area contributed by atoms with E-state index in [1.54, 1.807) is 70.9 Å². The van der Waals surface area contributed by atoms with Crippen LogP contribution >= 0.6 is 0 Å². The molecule has 4 aliphatic rings. The van der Waals surface area contributed by atoms with Gasteiger partial charge in [0.25, 0.3) is 5.56 Å². The second-order valence-electron chi connectivity index (χ2n) is 24.9. The molecule has 8 N–H and O–H groups in total. The van der Waals surface area contributed by atoms with Gasteiger partial charge in [-0.3, -0.25) is 48.0 Å². The number of fused-ring (bicyclic) bond motifs is 5. The van der Waals surface area contributed by atoms with Crippen LogP contribution in [0.4, 0.5) is 10.5 Å². The number of aliphatic hydroxyl groups excluding tert-OH is 1. The Hall–Kier alpha value is -8.62. The number of unbranched alkanes of at least 4 members (excludes halogenated alkanes) is 1. The molecule has 3 atom stereocenters. The third-order valence-corrected chi connectivity index (χ3v) is 17.0. The number of cyclic esters (lactones) is 1. The molecule has 2 aromatic carbocycles. The number of phenolic OH excluding ortho intramolecular Hbond substituents is 1. The van der Waals surface area contributed by atoms with Gasteiger partial charge in [-0.05, 0) is 137 Å². The molecule has 0 bridgehead atoms. The monoisotopic (exact) mass is 1280 g/mol. The van der Waals surface area contributed by atoms with Gasteiger partial charge in [0.05, 0.1) is 47.3 Å². The van der Waals surface area contributed by atoms with Gasteiger partial charge in [0.2, 0.25) is 41.5 Å². The molecule has 0 radical (unpaired) electrons. The van der Waals surface area contributed by atoms with Crippen molar-refractivity contribution in [2.45, 2.75) is 169 Å².